The lowest BCUT2D eigenvalue weighted by Crippen LogP contribution is -2.48. The molecule has 0 spiro atoms. The number of halogens is 2. The number of carbonyl (C=O) groups excluding carboxylic acids is 1. The van der Waals surface area contributed by atoms with Crippen molar-refractivity contribution in [3.8, 4) is 5.75 Å². The van der Waals surface area contributed by atoms with Crippen molar-refractivity contribution >= 4 is 5.91 Å². The summed E-state index contributed by atoms with van der Waals surface area (Å²) in [6.45, 7) is 2.11. The average molecular weight is 324 g/mol. The van der Waals surface area contributed by atoms with Gasteiger partial charge in [-0.2, -0.15) is 0 Å². The van der Waals surface area contributed by atoms with Crippen molar-refractivity contribution in [1.29, 1.82) is 0 Å². The van der Waals surface area contributed by atoms with Crippen LogP contribution in [0.3, 0.4) is 0 Å². The predicted octanol–water partition coefficient (Wildman–Crippen LogP) is 2.24. The molecule has 0 radical (unpaired) electrons. The Balaban J connectivity index is 1.49. The third-order valence-corrected chi connectivity index (χ3v) is 5.03. The molecule has 23 heavy (non-hydrogen) atoms. The van der Waals surface area contributed by atoms with Gasteiger partial charge in [0.2, 0.25) is 5.91 Å². The van der Waals surface area contributed by atoms with E-state index in [1.165, 1.54) is 12.5 Å². The van der Waals surface area contributed by atoms with Gasteiger partial charge in [0.1, 0.15) is 12.4 Å². The zero-order chi connectivity index (χ0) is 16.3. The van der Waals surface area contributed by atoms with Gasteiger partial charge in [0.15, 0.2) is 11.6 Å². The smallest absolute Gasteiger partial charge is 0.227 e. The summed E-state index contributed by atoms with van der Waals surface area (Å²) in [4.78, 5) is 12.6. The van der Waals surface area contributed by atoms with Crippen molar-refractivity contribution < 1.29 is 18.3 Å². The topological polar surface area (TPSA) is 50.4 Å². The molecule has 1 aromatic rings. The summed E-state index contributed by atoms with van der Waals surface area (Å²) in [5.41, 5.74) is -0.292. The molecule has 0 unspecified atom stereocenters. The van der Waals surface area contributed by atoms with Crippen molar-refractivity contribution in [3.05, 3.63) is 29.8 Å². The highest BCUT2D eigenvalue weighted by Crippen LogP contribution is 2.43. The molecule has 1 saturated heterocycles. The molecule has 3 rings (SSSR count). The van der Waals surface area contributed by atoms with Crippen molar-refractivity contribution in [2.24, 2.45) is 11.3 Å². The number of carbonyl (C=O) groups is 1. The fraction of sp³-hybridized carbons (Fsp3) is 0.588. The van der Waals surface area contributed by atoms with Gasteiger partial charge in [0.25, 0.3) is 0 Å². The Morgan fingerprint density at radius 3 is 3.09 bits per heavy atom. The van der Waals surface area contributed by atoms with Crippen LogP contribution in [-0.2, 0) is 4.79 Å². The van der Waals surface area contributed by atoms with Crippen LogP contribution in [0.15, 0.2) is 18.2 Å². The molecule has 2 atom stereocenters. The minimum absolute atomic E-state index is 0.00288. The average Bonchev–Trinajstić information content (AvgIpc) is 2.98. The molecule has 2 aliphatic rings. The van der Waals surface area contributed by atoms with Gasteiger partial charge in [-0.05, 0) is 37.4 Å². The first kappa shape index (κ1) is 16.2. The van der Waals surface area contributed by atoms with Crippen LogP contribution in [0.2, 0.25) is 0 Å². The van der Waals surface area contributed by atoms with Gasteiger partial charge in [-0.25, -0.2) is 8.78 Å². The molecule has 4 nitrogen and oxygen atoms in total. The van der Waals surface area contributed by atoms with Crippen LogP contribution >= 0.6 is 0 Å². The summed E-state index contributed by atoms with van der Waals surface area (Å²) in [6.07, 6.45) is 4.29. The molecule has 1 aliphatic heterocycles. The van der Waals surface area contributed by atoms with Gasteiger partial charge in [-0.15, -0.1) is 0 Å². The predicted molar refractivity (Wildman–Crippen MR) is 82.1 cm³/mol. The summed E-state index contributed by atoms with van der Waals surface area (Å²) in [6, 6.07) is 3.18. The van der Waals surface area contributed by atoms with Crippen molar-refractivity contribution in [3.63, 3.8) is 0 Å². The van der Waals surface area contributed by atoms with E-state index in [4.69, 9.17) is 4.74 Å². The Morgan fingerprint density at radius 2 is 2.26 bits per heavy atom. The standard InChI is InChI=1S/C17H22F2N2O2/c18-13-4-5-15(14(19)9-13)23-8-7-21-16(22)17-6-2-1-3-12(17)10-20-11-17/h4-5,9,12,20H,1-3,6-8,10-11H2,(H,21,22)/t12-,17+/m0/s1. The molecule has 1 aromatic carbocycles. The second-order valence-electron chi connectivity index (χ2n) is 6.41. The van der Waals surface area contributed by atoms with Crippen molar-refractivity contribution in [2.75, 3.05) is 26.2 Å². The third-order valence-electron chi connectivity index (χ3n) is 5.03. The fourth-order valence-corrected chi connectivity index (χ4v) is 3.78. The third kappa shape index (κ3) is 3.32. The number of ether oxygens (including phenoxy) is 1. The first-order valence-corrected chi connectivity index (χ1v) is 8.19. The van der Waals surface area contributed by atoms with E-state index >= 15 is 0 Å². The molecule has 0 bridgehead atoms. The second-order valence-corrected chi connectivity index (χ2v) is 6.41. The fourth-order valence-electron chi connectivity index (χ4n) is 3.78. The van der Waals surface area contributed by atoms with Crippen LogP contribution < -0.4 is 15.4 Å². The van der Waals surface area contributed by atoms with Crippen LogP contribution in [-0.4, -0.2) is 32.1 Å². The Hall–Kier alpha value is -1.69. The lowest BCUT2D eigenvalue weighted by Gasteiger charge is -2.37. The number of benzene rings is 1. The van der Waals surface area contributed by atoms with E-state index in [-0.39, 0.29) is 23.7 Å². The first-order chi connectivity index (χ1) is 11.1. The van der Waals surface area contributed by atoms with E-state index in [9.17, 15) is 13.6 Å². The molecule has 2 N–H and O–H groups in total. The van der Waals surface area contributed by atoms with E-state index in [0.29, 0.717) is 12.5 Å². The van der Waals surface area contributed by atoms with Gasteiger partial charge >= 0.3 is 0 Å². The molecule has 2 fully saturated rings. The van der Waals surface area contributed by atoms with Gasteiger partial charge < -0.3 is 15.4 Å². The molecule has 126 valence electrons. The minimum Gasteiger partial charge on any atom is -0.489 e. The molecule has 0 aromatic heterocycles. The van der Waals surface area contributed by atoms with Crippen LogP contribution in [0.1, 0.15) is 25.7 Å². The number of rotatable bonds is 5. The highest BCUT2D eigenvalue weighted by Gasteiger charge is 2.49. The Bertz CT molecular complexity index is 582. The number of hydrogen-bond donors (Lipinski definition) is 2. The molecule has 1 heterocycles. The highest BCUT2D eigenvalue weighted by atomic mass is 19.1. The highest BCUT2D eigenvalue weighted by molar-refractivity contribution is 5.83. The van der Waals surface area contributed by atoms with E-state index in [1.807, 2.05) is 0 Å². The lowest BCUT2D eigenvalue weighted by atomic mass is 9.67. The van der Waals surface area contributed by atoms with E-state index in [1.54, 1.807) is 0 Å². The van der Waals surface area contributed by atoms with E-state index < -0.39 is 11.6 Å². The first-order valence-electron chi connectivity index (χ1n) is 8.19. The van der Waals surface area contributed by atoms with Crippen LogP contribution in [0.4, 0.5) is 8.78 Å². The van der Waals surface area contributed by atoms with Gasteiger partial charge in [-0.1, -0.05) is 12.8 Å². The van der Waals surface area contributed by atoms with E-state index in [2.05, 4.69) is 10.6 Å². The Labute approximate surface area is 134 Å². The maximum Gasteiger partial charge on any atom is 0.227 e. The molecular weight excluding hydrogens is 302 g/mol. The zero-order valence-corrected chi connectivity index (χ0v) is 13.0. The van der Waals surface area contributed by atoms with Gasteiger partial charge in [0, 0.05) is 12.6 Å². The summed E-state index contributed by atoms with van der Waals surface area (Å²) in [5.74, 6) is -0.902. The Kier molecular flexibility index (Phi) is 4.80. The maximum absolute atomic E-state index is 13.4. The van der Waals surface area contributed by atoms with Crippen LogP contribution in [0.5, 0.6) is 5.75 Å². The lowest BCUT2D eigenvalue weighted by molar-refractivity contribution is -0.134. The summed E-state index contributed by atoms with van der Waals surface area (Å²) in [5, 5.41) is 6.25. The van der Waals surface area contributed by atoms with Crippen LogP contribution in [0, 0.1) is 23.0 Å². The quantitative estimate of drug-likeness (QED) is 0.817. The largest absolute Gasteiger partial charge is 0.489 e. The van der Waals surface area contributed by atoms with Crippen LogP contribution in [0.25, 0.3) is 0 Å². The number of nitrogens with one attached hydrogen (secondary N) is 2. The van der Waals surface area contributed by atoms with Crippen molar-refractivity contribution in [1.82, 2.24) is 10.6 Å². The van der Waals surface area contributed by atoms with Gasteiger partial charge in [-0.3, -0.25) is 4.79 Å². The monoisotopic (exact) mass is 324 g/mol. The zero-order valence-electron chi connectivity index (χ0n) is 13.0. The minimum atomic E-state index is -0.734. The number of amides is 1. The number of hydrogen-bond acceptors (Lipinski definition) is 3. The molecule has 6 heteroatoms. The second kappa shape index (κ2) is 6.83. The molecule has 1 saturated carbocycles. The molecular formula is C17H22F2N2O2. The normalized spacial score (nSPS) is 26.6. The SMILES string of the molecule is O=C(NCCOc1ccc(F)cc1F)[C@@]12CCCC[C@H]1CNC2. The number of fused-ring (bicyclic) bond motifs is 1. The molecule has 1 amide bonds. The maximum atomic E-state index is 13.4. The summed E-state index contributed by atoms with van der Waals surface area (Å²) in [7, 11) is 0. The van der Waals surface area contributed by atoms with E-state index in [0.717, 1.165) is 44.5 Å². The van der Waals surface area contributed by atoms with Gasteiger partial charge in [0.05, 0.1) is 12.0 Å². The summed E-state index contributed by atoms with van der Waals surface area (Å²) < 4.78 is 31.5. The Morgan fingerprint density at radius 1 is 1.39 bits per heavy atom. The van der Waals surface area contributed by atoms with Crippen molar-refractivity contribution in [2.45, 2.75) is 25.7 Å². The molecule has 1 aliphatic carbocycles. The summed E-state index contributed by atoms with van der Waals surface area (Å²) >= 11 is 0.